The maximum Gasteiger partial charge on any atom is 0.387 e. The number of nitrogens with one attached hydrogen (secondary N) is 2. The number of benzene rings is 2. The van der Waals surface area contributed by atoms with Crippen LogP contribution in [0.2, 0.25) is 0 Å². The average molecular weight is 429 g/mol. The lowest BCUT2D eigenvalue weighted by Crippen LogP contribution is -2.36. The standard InChI is InChI=1S/C22H25F2N5O2/c1-3-25-22(26-14-16-13-19(30-2)9-10-20(16)31-21(23)24)27-15-17-11-12-29(28-17)18-7-5-4-6-8-18/h4-13,21H,3,14-15H2,1-2H3,(H2,25,26,27). The quantitative estimate of drug-likeness (QED) is 0.401. The zero-order valence-corrected chi connectivity index (χ0v) is 17.4. The van der Waals surface area contributed by atoms with Crippen LogP contribution >= 0.6 is 0 Å². The Labute approximate surface area is 179 Å². The van der Waals surface area contributed by atoms with Gasteiger partial charge in [-0.15, -0.1) is 0 Å². The number of hydrogen-bond donors (Lipinski definition) is 2. The number of aromatic nitrogens is 2. The van der Waals surface area contributed by atoms with Gasteiger partial charge in [0, 0.05) is 18.3 Å². The van der Waals surface area contributed by atoms with Crippen LogP contribution in [0.15, 0.2) is 65.8 Å². The molecule has 164 valence electrons. The summed E-state index contributed by atoms with van der Waals surface area (Å²) in [5.41, 5.74) is 2.29. The summed E-state index contributed by atoms with van der Waals surface area (Å²) in [6, 6.07) is 16.4. The van der Waals surface area contributed by atoms with Crippen LogP contribution in [0.1, 0.15) is 18.2 Å². The minimum atomic E-state index is -2.91. The SMILES string of the molecule is CCNC(=NCc1cc(OC)ccc1OC(F)F)NCc1ccn(-c2ccccc2)n1. The molecular formula is C22H25F2N5O2. The van der Waals surface area contributed by atoms with E-state index in [2.05, 4.69) is 25.5 Å². The van der Waals surface area contributed by atoms with Gasteiger partial charge in [0.25, 0.3) is 0 Å². The van der Waals surface area contributed by atoms with Crippen LogP contribution in [0.4, 0.5) is 8.78 Å². The topological polar surface area (TPSA) is 72.7 Å². The Morgan fingerprint density at radius 1 is 1.13 bits per heavy atom. The molecule has 3 aromatic rings. The van der Waals surface area contributed by atoms with Crippen LogP contribution in [0.3, 0.4) is 0 Å². The number of nitrogens with zero attached hydrogens (tertiary/aromatic N) is 3. The first-order valence-electron chi connectivity index (χ1n) is 9.83. The van der Waals surface area contributed by atoms with Crippen LogP contribution in [0.5, 0.6) is 11.5 Å². The van der Waals surface area contributed by atoms with E-state index in [1.165, 1.54) is 13.2 Å². The zero-order valence-electron chi connectivity index (χ0n) is 17.4. The summed E-state index contributed by atoms with van der Waals surface area (Å²) >= 11 is 0. The third-order valence-corrected chi connectivity index (χ3v) is 4.34. The highest BCUT2D eigenvalue weighted by Gasteiger charge is 2.11. The minimum Gasteiger partial charge on any atom is -0.497 e. The van der Waals surface area contributed by atoms with Crippen LogP contribution < -0.4 is 20.1 Å². The molecule has 2 N–H and O–H groups in total. The Hall–Kier alpha value is -3.62. The van der Waals surface area contributed by atoms with E-state index in [-0.39, 0.29) is 12.3 Å². The largest absolute Gasteiger partial charge is 0.497 e. The number of rotatable bonds is 9. The van der Waals surface area contributed by atoms with Gasteiger partial charge in [-0.2, -0.15) is 13.9 Å². The summed E-state index contributed by atoms with van der Waals surface area (Å²) in [6.45, 7) is 0.250. The maximum absolute atomic E-state index is 12.7. The monoisotopic (exact) mass is 429 g/mol. The summed E-state index contributed by atoms with van der Waals surface area (Å²) in [5.74, 6) is 1.14. The fraction of sp³-hybridized carbons (Fsp3) is 0.273. The van der Waals surface area contributed by atoms with Crippen molar-refractivity contribution in [3.8, 4) is 17.2 Å². The van der Waals surface area contributed by atoms with Gasteiger partial charge in [0.1, 0.15) is 11.5 Å². The lowest BCUT2D eigenvalue weighted by Gasteiger charge is -2.13. The average Bonchev–Trinajstić information content (AvgIpc) is 3.26. The maximum atomic E-state index is 12.7. The second kappa shape index (κ2) is 11.0. The third kappa shape index (κ3) is 6.43. The van der Waals surface area contributed by atoms with E-state index in [9.17, 15) is 8.78 Å². The van der Waals surface area contributed by atoms with Crippen LogP contribution in [0, 0.1) is 0 Å². The molecule has 0 saturated heterocycles. The van der Waals surface area contributed by atoms with Crippen molar-refractivity contribution < 1.29 is 18.3 Å². The lowest BCUT2D eigenvalue weighted by atomic mass is 10.2. The first-order valence-corrected chi connectivity index (χ1v) is 9.83. The van der Waals surface area contributed by atoms with Gasteiger partial charge in [-0.25, -0.2) is 9.67 Å². The van der Waals surface area contributed by atoms with Crippen molar-refractivity contribution in [2.75, 3.05) is 13.7 Å². The highest BCUT2D eigenvalue weighted by molar-refractivity contribution is 5.79. The molecule has 31 heavy (non-hydrogen) atoms. The number of aliphatic imine (C=N–C) groups is 1. The fourth-order valence-electron chi connectivity index (χ4n) is 2.88. The van der Waals surface area contributed by atoms with Crippen molar-refractivity contribution in [3.05, 3.63) is 72.1 Å². The Kier molecular flexibility index (Phi) is 7.80. The van der Waals surface area contributed by atoms with Crippen molar-refractivity contribution >= 4 is 5.96 Å². The van der Waals surface area contributed by atoms with E-state index < -0.39 is 6.61 Å². The molecule has 1 heterocycles. The van der Waals surface area contributed by atoms with Crippen molar-refractivity contribution in [1.29, 1.82) is 0 Å². The van der Waals surface area contributed by atoms with Crippen molar-refractivity contribution in [2.24, 2.45) is 4.99 Å². The predicted octanol–water partition coefficient (Wildman–Crippen LogP) is 3.74. The molecule has 7 nitrogen and oxygen atoms in total. The molecule has 3 rings (SSSR count). The van der Waals surface area contributed by atoms with Gasteiger partial charge in [-0.05, 0) is 43.3 Å². The smallest absolute Gasteiger partial charge is 0.387 e. The third-order valence-electron chi connectivity index (χ3n) is 4.34. The summed E-state index contributed by atoms with van der Waals surface area (Å²) < 4.78 is 37.0. The zero-order chi connectivity index (χ0) is 22.1. The molecule has 1 aromatic heterocycles. The van der Waals surface area contributed by atoms with Crippen molar-refractivity contribution in [1.82, 2.24) is 20.4 Å². The molecule has 0 atom stereocenters. The van der Waals surface area contributed by atoms with E-state index in [0.717, 1.165) is 11.4 Å². The molecule has 0 amide bonds. The molecule has 0 aliphatic rings. The highest BCUT2D eigenvalue weighted by Crippen LogP contribution is 2.26. The van der Waals surface area contributed by atoms with E-state index in [1.54, 1.807) is 16.8 Å². The number of guanidine groups is 1. The van der Waals surface area contributed by atoms with Gasteiger partial charge in [0.15, 0.2) is 5.96 Å². The molecular weight excluding hydrogens is 404 g/mol. The first-order chi connectivity index (χ1) is 15.1. The van der Waals surface area contributed by atoms with Crippen molar-refractivity contribution in [2.45, 2.75) is 26.6 Å². The molecule has 0 radical (unpaired) electrons. The number of para-hydroxylation sites is 1. The first kappa shape index (κ1) is 22.1. The fourth-order valence-corrected chi connectivity index (χ4v) is 2.88. The van der Waals surface area contributed by atoms with E-state index in [1.807, 2.05) is 49.5 Å². The second-order valence-corrected chi connectivity index (χ2v) is 6.49. The predicted molar refractivity (Wildman–Crippen MR) is 115 cm³/mol. The van der Waals surface area contributed by atoms with E-state index in [4.69, 9.17) is 4.74 Å². The lowest BCUT2D eigenvalue weighted by molar-refractivity contribution is -0.0504. The van der Waals surface area contributed by atoms with Crippen LogP contribution in [-0.4, -0.2) is 36.0 Å². The Morgan fingerprint density at radius 2 is 1.94 bits per heavy atom. The van der Waals surface area contributed by atoms with Crippen LogP contribution in [-0.2, 0) is 13.1 Å². The Bertz CT molecular complexity index is 993. The molecule has 0 saturated carbocycles. The Morgan fingerprint density at radius 3 is 2.65 bits per heavy atom. The molecule has 0 aliphatic carbocycles. The molecule has 9 heteroatoms. The minimum absolute atomic E-state index is 0.0667. The van der Waals surface area contributed by atoms with E-state index >= 15 is 0 Å². The molecule has 0 spiro atoms. The van der Waals surface area contributed by atoms with Gasteiger partial charge in [-0.1, -0.05) is 18.2 Å². The Balaban J connectivity index is 1.69. The van der Waals surface area contributed by atoms with E-state index in [0.29, 0.717) is 30.4 Å². The van der Waals surface area contributed by atoms with Crippen molar-refractivity contribution in [3.63, 3.8) is 0 Å². The van der Waals surface area contributed by atoms with Gasteiger partial charge in [-0.3, -0.25) is 0 Å². The second-order valence-electron chi connectivity index (χ2n) is 6.49. The normalized spacial score (nSPS) is 11.5. The molecule has 0 fully saturated rings. The van der Waals surface area contributed by atoms with Gasteiger partial charge < -0.3 is 20.1 Å². The molecule has 2 aromatic carbocycles. The molecule has 0 bridgehead atoms. The number of ether oxygens (including phenoxy) is 2. The molecule has 0 unspecified atom stereocenters. The molecule has 0 aliphatic heterocycles. The summed E-state index contributed by atoms with van der Waals surface area (Å²) in [4.78, 5) is 4.49. The summed E-state index contributed by atoms with van der Waals surface area (Å²) in [5, 5.41) is 10.9. The highest BCUT2D eigenvalue weighted by atomic mass is 19.3. The van der Waals surface area contributed by atoms with Gasteiger partial charge >= 0.3 is 6.61 Å². The summed E-state index contributed by atoms with van der Waals surface area (Å²) in [7, 11) is 1.51. The van der Waals surface area contributed by atoms with Crippen LogP contribution in [0.25, 0.3) is 5.69 Å². The number of methoxy groups -OCH3 is 1. The van der Waals surface area contributed by atoms with Gasteiger partial charge in [0.2, 0.25) is 0 Å². The number of hydrogen-bond acceptors (Lipinski definition) is 4. The number of halogens is 2. The van der Waals surface area contributed by atoms with Gasteiger partial charge in [0.05, 0.1) is 31.6 Å². The number of alkyl halides is 2. The summed E-state index contributed by atoms with van der Waals surface area (Å²) in [6.07, 6.45) is 1.89.